The summed E-state index contributed by atoms with van der Waals surface area (Å²) in [5.41, 5.74) is 0.946. The van der Waals surface area contributed by atoms with E-state index in [9.17, 15) is 4.79 Å². The van der Waals surface area contributed by atoms with Crippen LogP contribution in [0.2, 0.25) is 0 Å². The van der Waals surface area contributed by atoms with Gasteiger partial charge in [-0.15, -0.1) is 0 Å². The molecule has 0 unspecified atom stereocenters. The van der Waals surface area contributed by atoms with E-state index in [0.29, 0.717) is 6.42 Å². The molecule has 0 aliphatic rings. The predicted octanol–water partition coefficient (Wildman–Crippen LogP) is 2.08. The summed E-state index contributed by atoms with van der Waals surface area (Å²) in [4.78, 5) is 10.6. The van der Waals surface area contributed by atoms with Gasteiger partial charge in [-0.2, -0.15) is 0 Å². The van der Waals surface area contributed by atoms with Gasteiger partial charge in [0.05, 0.1) is 14.2 Å². The highest BCUT2D eigenvalue weighted by Crippen LogP contribution is 2.30. The van der Waals surface area contributed by atoms with Gasteiger partial charge in [-0.1, -0.05) is 13.0 Å². The summed E-state index contributed by atoms with van der Waals surface area (Å²) in [5.74, 6) is 1.50. The standard InChI is InChI=1S/C12H16O3/c1-9(8-13)7-10-11(14-2)5-4-6-12(10)15-3/h4-6,8-9H,7H2,1-3H3/t9-/m1/s1. The summed E-state index contributed by atoms with van der Waals surface area (Å²) < 4.78 is 10.5. The smallest absolute Gasteiger partial charge is 0.125 e. The van der Waals surface area contributed by atoms with E-state index < -0.39 is 0 Å². The van der Waals surface area contributed by atoms with Crippen LogP contribution in [0.3, 0.4) is 0 Å². The Hall–Kier alpha value is -1.51. The molecule has 82 valence electrons. The molecular weight excluding hydrogens is 192 g/mol. The van der Waals surface area contributed by atoms with E-state index in [0.717, 1.165) is 23.3 Å². The van der Waals surface area contributed by atoms with Crippen LogP contribution in [0.4, 0.5) is 0 Å². The third kappa shape index (κ3) is 2.72. The molecule has 0 aliphatic heterocycles. The second kappa shape index (κ2) is 5.39. The van der Waals surface area contributed by atoms with Crippen molar-refractivity contribution in [3.05, 3.63) is 23.8 Å². The summed E-state index contributed by atoms with van der Waals surface area (Å²) in [6.45, 7) is 1.87. The molecule has 0 aromatic heterocycles. The van der Waals surface area contributed by atoms with Crippen molar-refractivity contribution in [3.63, 3.8) is 0 Å². The van der Waals surface area contributed by atoms with Gasteiger partial charge in [0.25, 0.3) is 0 Å². The van der Waals surface area contributed by atoms with Crippen molar-refractivity contribution < 1.29 is 14.3 Å². The molecule has 0 radical (unpaired) electrons. The van der Waals surface area contributed by atoms with Crippen LogP contribution in [0, 0.1) is 5.92 Å². The average molecular weight is 208 g/mol. The lowest BCUT2D eigenvalue weighted by Crippen LogP contribution is -2.04. The number of methoxy groups -OCH3 is 2. The van der Waals surface area contributed by atoms with E-state index in [1.165, 1.54) is 0 Å². The fourth-order valence-corrected chi connectivity index (χ4v) is 1.50. The quantitative estimate of drug-likeness (QED) is 0.695. The Kier molecular flexibility index (Phi) is 4.16. The van der Waals surface area contributed by atoms with E-state index in [1.54, 1.807) is 14.2 Å². The molecule has 3 nitrogen and oxygen atoms in total. The molecule has 0 aliphatic carbocycles. The molecule has 0 N–H and O–H groups in total. The molecule has 1 atom stereocenters. The SMILES string of the molecule is COc1cccc(OC)c1C[C@@H](C)C=O. The number of carbonyl (C=O) groups is 1. The van der Waals surface area contributed by atoms with Gasteiger partial charge in [0.2, 0.25) is 0 Å². The minimum Gasteiger partial charge on any atom is -0.496 e. The zero-order valence-corrected chi connectivity index (χ0v) is 9.32. The molecule has 15 heavy (non-hydrogen) atoms. The van der Waals surface area contributed by atoms with Crippen LogP contribution in [-0.2, 0) is 11.2 Å². The molecule has 3 heteroatoms. The van der Waals surface area contributed by atoms with Crippen molar-refractivity contribution in [2.24, 2.45) is 5.92 Å². The first-order valence-electron chi connectivity index (χ1n) is 4.88. The zero-order valence-electron chi connectivity index (χ0n) is 9.32. The van der Waals surface area contributed by atoms with Crippen LogP contribution in [-0.4, -0.2) is 20.5 Å². The number of benzene rings is 1. The van der Waals surface area contributed by atoms with Crippen molar-refractivity contribution in [1.29, 1.82) is 0 Å². The van der Waals surface area contributed by atoms with Crippen LogP contribution in [0.1, 0.15) is 12.5 Å². The Bertz CT molecular complexity index is 311. The van der Waals surface area contributed by atoms with E-state index in [-0.39, 0.29) is 5.92 Å². The van der Waals surface area contributed by atoms with Gasteiger partial charge in [-0.25, -0.2) is 0 Å². The van der Waals surface area contributed by atoms with Gasteiger partial charge in [0, 0.05) is 11.5 Å². The Morgan fingerprint density at radius 3 is 2.20 bits per heavy atom. The lowest BCUT2D eigenvalue weighted by Gasteiger charge is -2.13. The van der Waals surface area contributed by atoms with E-state index in [2.05, 4.69) is 0 Å². The second-order valence-electron chi connectivity index (χ2n) is 3.46. The van der Waals surface area contributed by atoms with Crippen LogP contribution in [0.25, 0.3) is 0 Å². The van der Waals surface area contributed by atoms with Gasteiger partial charge < -0.3 is 14.3 Å². The summed E-state index contributed by atoms with van der Waals surface area (Å²) in [6.07, 6.45) is 1.57. The third-order valence-electron chi connectivity index (χ3n) is 2.29. The minimum absolute atomic E-state index is 0.0322. The Morgan fingerprint density at radius 1 is 1.27 bits per heavy atom. The molecule has 0 saturated carbocycles. The molecule has 0 amide bonds. The maximum atomic E-state index is 10.6. The first-order valence-corrected chi connectivity index (χ1v) is 4.88. The number of hydrogen-bond donors (Lipinski definition) is 0. The maximum Gasteiger partial charge on any atom is 0.125 e. The summed E-state index contributed by atoms with van der Waals surface area (Å²) in [7, 11) is 3.23. The number of ether oxygens (including phenoxy) is 2. The van der Waals surface area contributed by atoms with Crippen LogP contribution in [0.15, 0.2) is 18.2 Å². The first kappa shape index (κ1) is 11.6. The highest BCUT2D eigenvalue weighted by Gasteiger charge is 2.12. The Morgan fingerprint density at radius 2 is 1.80 bits per heavy atom. The normalized spacial score (nSPS) is 11.9. The largest absolute Gasteiger partial charge is 0.496 e. The van der Waals surface area contributed by atoms with Gasteiger partial charge in [0.15, 0.2) is 0 Å². The molecule has 0 saturated heterocycles. The lowest BCUT2D eigenvalue weighted by molar-refractivity contribution is -0.110. The van der Waals surface area contributed by atoms with Crippen molar-refractivity contribution >= 4 is 6.29 Å². The highest BCUT2D eigenvalue weighted by molar-refractivity contribution is 5.56. The molecule has 0 fully saturated rings. The van der Waals surface area contributed by atoms with Crippen LogP contribution >= 0.6 is 0 Å². The summed E-state index contributed by atoms with van der Waals surface area (Å²) in [6, 6.07) is 5.61. The Labute approximate surface area is 90.0 Å². The first-order chi connectivity index (χ1) is 7.22. The number of aldehydes is 1. The molecule has 1 aromatic rings. The maximum absolute atomic E-state index is 10.6. The van der Waals surface area contributed by atoms with E-state index in [4.69, 9.17) is 9.47 Å². The lowest BCUT2D eigenvalue weighted by atomic mass is 10.0. The molecule has 0 spiro atoms. The molecule has 0 heterocycles. The predicted molar refractivity (Wildman–Crippen MR) is 58.5 cm³/mol. The van der Waals surface area contributed by atoms with Crippen molar-refractivity contribution in [2.75, 3.05) is 14.2 Å². The fourth-order valence-electron chi connectivity index (χ4n) is 1.50. The zero-order chi connectivity index (χ0) is 11.3. The number of carbonyl (C=O) groups excluding carboxylic acids is 1. The third-order valence-corrected chi connectivity index (χ3v) is 2.29. The van der Waals surface area contributed by atoms with Gasteiger partial charge in [-0.05, 0) is 18.6 Å². The minimum atomic E-state index is -0.0322. The van der Waals surface area contributed by atoms with Gasteiger partial charge >= 0.3 is 0 Å². The number of rotatable bonds is 5. The summed E-state index contributed by atoms with van der Waals surface area (Å²) >= 11 is 0. The van der Waals surface area contributed by atoms with Crippen LogP contribution < -0.4 is 9.47 Å². The Balaban J connectivity index is 3.04. The summed E-state index contributed by atoms with van der Waals surface area (Å²) in [5, 5.41) is 0. The monoisotopic (exact) mass is 208 g/mol. The second-order valence-corrected chi connectivity index (χ2v) is 3.46. The fraction of sp³-hybridized carbons (Fsp3) is 0.417. The van der Waals surface area contributed by atoms with Crippen molar-refractivity contribution in [1.82, 2.24) is 0 Å². The highest BCUT2D eigenvalue weighted by atomic mass is 16.5. The van der Waals surface area contributed by atoms with E-state index in [1.807, 2.05) is 25.1 Å². The van der Waals surface area contributed by atoms with Crippen molar-refractivity contribution in [3.8, 4) is 11.5 Å². The van der Waals surface area contributed by atoms with Crippen molar-refractivity contribution in [2.45, 2.75) is 13.3 Å². The van der Waals surface area contributed by atoms with E-state index >= 15 is 0 Å². The van der Waals surface area contributed by atoms with Crippen LogP contribution in [0.5, 0.6) is 11.5 Å². The molecule has 1 aromatic carbocycles. The topological polar surface area (TPSA) is 35.5 Å². The van der Waals surface area contributed by atoms with Gasteiger partial charge in [-0.3, -0.25) is 0 Å². The molecule has 1 rings (SSSR count). The number of hydrogen-bond acceptors (Lipinski definition) is 3. The molecule has 0 bridgehead atoms. The molecular formula is C12H16O3. The average Bonchev–Trinajstić information content (AvgIpc) is 2.29. The van der Waals surface area contributed by atoms with Gasteiger partial charge in [0.1, 0.15) is 17.8 Å².